The van der Waals surface area contributed by atoms with Crippen molar-refractivity contribution in [3.05, 3.63) is 16.1 Å². The summed E-state index contributed by atoms with van der Waals surface area (Å²) < 4.78 is 4.78. The summed E-state index contributed by atoms with van der Waals surface area (Å²) in [6.45, 7) is 3.49. The highest BCUT2D eigenvalue weighted by Crippen LogP contribution is 2.17. The Morgan fingerprint density at radius 3 is 2.82 bits per heavy atom. The molecule has 0 aliphatic carbocycles. The van der Waals surface area contributed by atoms with Crippen molar-refractivity contribution in [3.8, 4) is 0 Å². The molecule has 0 radical (unpaired) electrons. The molecule has 0 aromatic carbocycles. The number of ether oxygens (including phenoxy) is 1. The van der Waals surface area contributed by atoms with E-state index in [9.17, 15) is 4.79 Å². The summed E-state index contributed by atoms with van der Waals surface area (Å²) in [5.74, 6) is -0.297. The Morgan fingerprint density at radius 1 is 1.65 bits per heavy atom. The smallest absolute Gasteiger partial charge is 0.329 e. The number of nitrogens with zero attached hydrogens (tertiary/aromatic N) is 2. The van der Waals surface area contributed by atoms with Crippen LogP contribution in [0.4, 0.5) is 0 Å². The van der Waals surface area contributed by atoms with Crippen molar-refractivity contribution in [2.45, 2.75) is 13.0 Å². The van der Waals surface area contributed by atoms with Gasteiger partial charge in [0.05, 0.1) is 17.8 Å². The van der Waals surface area contributed by atoms with Crippen LogP contribution in [0.25, 0.3) is 0 Å². The monoisotopic (exact) mass is 257 g/mol. The molecule has 1 aromatic rings. The summed E-state index contributed by atoms with van der Waals surface area (Å²) in [5.41, 5.74) is 0.734. The number of carbonyl (C=O) groups excluding carboxylic acids is 1. The van der Waals surface area contributed by atoms with Gasteiger partial charge in [-0.3, -0.25) is 5.32 Å². The lowest BCUT2D eigenvalue weighted by Gasteiger charge is -2.16. The molecule has 1 rings (SSSR count). The van der Waals surface area contributed by atoms with Crippen LogP contribution in [0.2, 0.25) is 0 Å². The highest BCUT2D eigenvalue weighted by atomic mass is 32.1. The van der Waals surface area contributed by atoms with Gasteiger partial charge in [-0.1, -0.05) is 0 Å². The van der Waals surface area contributed by atoms with Crippen molar-refractivity contribution in [3.63, 3.8) is 0 Å². The fraction of sp³-hybridized carbons (Fsp3) is 0.636. The minimum Gasteiger partial charge on any atom is -0.468 e. The van der Waals surface area contributed by atoms with Crippen LogP contribution in [0.3, 0.4) is 0 Å². The molecule has 0 fully saturated rings. The van der Waals surface area contributed by atoms with Gasteiger partial charge in [-0.05, 0) is 21.0 Å². The summed E-state index contributed by atoms with van der Waals surface area (Å²) in [6, 6.07) is -0.468. The van der Waals surface area contributed by atoms with Crippen LogP contribution >= 0.6 is 11.3 Å². The van der Waals surface area contributed by atoms with E-state index >= 15 is 0 Å². The van der Waals surface area contributed by atoms with Gasteiger partial charge in [0.2, 0.25) is 0 Å². The lowest BCUT2D eigenvalue weighted by atomic mass is 10.2. The normalized spacial score (nSPS) is 12.8. The zero-order chi connectivity index (χ0) is 12.8. The minimum absolute atomic E-state index is 0.297. The average Bonchev–Trinajstić information content (AvgIpc) is 2.69. The highest BCUT2D eigenvalue weighted by Gasteiger charge is 2.22. The number of thiazole rings is 1. The molecule has 5 nitrogen and oxygen atoms in total. The first-order valence-electron chi connectivity index (χ1n) is 5.42. The van der Waals surface area contributed by atoms with E-state index in [1.54, 1.807) is 0 Å². The maximum Gasteiger partial charge on any atom is 0.329 e. The second-order valence-electron chi connectivity index (χ2n) is 4.00. The van der Waals surface area contributed by atoms with E-state index in [-0.39, 0.29) is 5.97 Å². The third kappa shape index (κ3) is 4.41. The first-order valence-corrected chi connectivity index (χ1v) is 6.30. The maximum atomic E-state index is 11.7. The Bertz CT molecular complexity index is 365. The van der Waals surface area contributed by atoms with Gasteiger partial charge in [0.1, 0.15) is 6.04 Å². The van der Waals surface area contributed by atoms with Crippen LogP contribution in [-0.4, -0.2) is 50.1 Å². The molecule has 0 spiro atoms. The molecular weight excluding hydrogens is 238 g/mol. The van der Waals surface area contributed by atoms with E-state index in [1.165, 1.54) is 18.4 Å². The van der Waals surface area contributed by atoms with Crippen molar-refractivity contribution in [2.24, 2.45) is 0 Å². The van der Waals surface area contributed by atoms with Crippen LogP contribution in [0.5, 0.6) is 0 Å². The molecule has 17 heavy (non-hydrogen) atoms. The first-order chi connectivity index (χ1) is 8.04. The van der Waals surface area contributed by atoms with Gasteiger partial charge in [0, 0.05) is 18.5 Å². The highest BCUT2D eigenvalue weighted by molar-refractivity contribution is 7.09. The summed E-state index contributed by atoms with van der Waals surface area (Å²) in [7, 11) is 5.37. The Morgan fingerprint density at radius 2 is 2.35 bits per heavy atom. The topological polar surface area (TPSA) is 54.5 Å². The molecule has 1 unspecified atom stereocenters. The molecule has 96 valence electrons. The number of esters is 1. The number of aryl methyl sites for hydroxylation is 1. The zero-order valence-electron chi connectivity index (χ0n) is 10.7. The Balaban J connectivity index is 2.64. The van der Waals surface area contributed by atoms with E-state index in [0.29, 0.717) is 6.54 Å². The van der Waals surface area contributed by atoms with Gasteiger partial charge in [0.15, 0.2) is 0 Å². The molecule has 0 saturated heterocycles. The Labute approximate surface area is 106 Å². The van der Waals surface area contributed by atoms with Crippen LogP contribution in [0.15, 0.2) is 5.38 Å². The number of hydrogen-bond acceptors (Lipinski definition) is 6. The predicted molar refractivity (Wildman–Crippen MR) is 68.2 cm³/mol. The molecule has 1 heterocycles. The third-order valence-electron chi connectivity index (χ3n) is 2.28. The molecular formula is C11H19N3O2S. The van der Waals surface area contributed by atoms with Gasteiger partial charge < -0.3 is 9.64 Å². The van der Waals surface area contributed by atoms with Crippen LogP contribution < -0.4 is 5.32 Å². The van der Waals surface area contributed by atoms with Crippen LogP contribution in [0.1, 0.15) is 16.7 Å². The summed E-state index contributed by atoms with van der Waals surface area (Å²) in [6.07, 6.45) is 0. The van der Waals surface area contributed by atoms with Gasteiger partial charge in [-0.2, -0.15) is 0 Å². The predicted octanol–water partition coefficient (Wildman–Crippen LogP) is 0.817. The van der Waals surface area contributed by atoms with Gasteiger partial charge in [0.25, 0.3) is 0 Å². The standard InChI is InChI=1S/C11H19N3O2S/c1-8-13-9(7-17-8)10(11(15)16-4)12-5-6-14(2)3/h7,10,12H,5-6H2,1-4H3. The van der Waals surface area contributed by atoms with Gasteiger partial charge in [-0.15, -0.1) is 11.3 Å². The average molecular weight is 257 g/mol. The summed E-state index contributed by atoms with van der Waals surface area (Å²) in [4.78, 5) is 18.0. The number of hydrogen-bond donors (Lipinski definition) is 1. The van der Waals surface area contributed by atoms with E-state index < -0.39 is 6.04 Å². The number of carbonyl (C=O) groups is 1. The second-order valence-corrected chi connectivity index (χ2v) is 5.07. The number of methoxy groups -OCH3 is 1. The largest absolute Gasteiger partial charge is 0.468 e. The van der Waals surface area contributed by atoms with E-state index in [0.717, 1.165) is 17.2 Å². The molecule has 1 N–H and O–H groups in total. The zero-order valence-corrected chi connectivity index (χ0v) is 11.5. The van der Waals surface area contributed by atoms with E-state index in [1.807, 2.05) is 31.3 Å². The van der Waals surface area contributed by atoms with Crippen molar-refractivity contribution >= 4 is 17.3 Å². The number of aromatic nitrogens is 1. The molecule has 6 heteroatoms. The van der Waals surface area contributed by atoms with Gasteiger partial charge >= 0.3 is 5.97 Å². The molecule has 1 aromatic heterocycles. The Hall–Kier alpha value is -0.980. The first kappa shape index (κ1) is 14.1. The molecule has 1 atom stereocenters. The van der Waals surface area contributed by atoms with Crippen molar-refractivity contribution in [1.29, 1.82) is 0 Å². The maximum absolute atomic E-state index is 11.7. The second kappa shape index (κ2) is 6.68. The molecule has 0 aliphatic rings. The van der Waals surface area contributed by atoms with Crippen LogP contribution in [0, 0.1) is 6.92 Å². The molecule has 0 aliphatic heterocycles. The number of rotatable bonds is 6. The van der Waals surface area contributed by atoms with Crippen LogP contribution in [-0.2, 0) is 9.53 Å². The van der Waals surface area contributed by atoms with E-state index in [2.05, 4.69) is 10.3 Å². The van der Waals surface area contributed by atoms with Gasteiger partial charge in [-0.25, -0.2) is 9.78 Å². The summed E-state index contributed by atoms with van der Waals surface area (Å²) >= 11 is 1.53. The molecule has 0 bridgehead atoms. The van der Waals surface area contributed by atoms with Crippen molar-refractivity contribution in [1.82, 2.24) is 15.2 Å². The molecule has 0 saturated carbocycles. The Kier molecular flexibility index (Phi) is 5.54. The number of nitrogens with one attached hydrogen (secondary N) is 1. The van der Waals surface area contributed by atoms with Crippen molar-refractivity contribution in [2.75, 3.05) is 34.3 Å². The van der Waals surface area contributed by atoms with Crippen molar-refractivity contribution < 1.29 is 9.53 Å². The third-order valence-corrected chi connectivity index (χ3v) is 3.07. The SMILES string of the molecule is COC(=O)C(NCCN(C)C)c1csc(C)n1. The lowest BCUT2D eigenvalue weighted by molar-refractivity contribution is -0.143. The fourth-order valence-corrected chi connectivity index (χ4v) is 2.01. The number of likely N-dealkylation sites (N-methyl/N-ethyl adjacent to an activating group) is 1. The minimum atomic E-state index is -0.468. The quantitative estimate of drug-likeness (QED) is 0.765. The lowest BCUT2D eigenvalue weighted by Crippen LogP contribution is -2.34. The summed E-state index contributed by atoms with van der Waals surface area (Å²) in [5, 5.41) is 6.00. The van der Waals surface area contributed by atoms with E-state index in [4.69, 9.17) is 4.74 Å². The molecule has 0 amide bonds. The fourth-order valence-electron chi connectivity index (χ4n) is 1.37.